The fourth-order valence-electron chi connectivity index (χ4n) is 4.58. The Morgan fingerprint density at radius 1 is 1.15 bits per heavy atom. The van der Waals surface area contributed by atoms with E-state index in [9.17, 15) is 13.2 Å². The number of fused-ring (bicyclic) bond motifs is 1. The molecule has 0 aliphatic carbocycles. The van der Waals surface area contributed by atoms with Crippen LogP contribution in [-0.4, -0.2) is 42.9 Å². The average molecular weight is 502 g/mol. The van der Waals surface area contributed by atoms with Crippen molar-refractivity contribution in [2.45, 2.75) is 63.9 Å². The molecule has 0 saturated carbocycles. The summed E-state index contributed by atoms with van der Waals surface area (Å²) in [6.45, 7) is 7.23. The minimum atomic E-state index is -3.59. The molecule has 1 amide bonds. The summed E-state index contributed by atoms with van der Waals surface area (Å²) in [6.07, 6.45) is 3.62. The molecule has 0 radical (unpaired) electrons. The second-order valence-corrected chi connectivity index (χ2v) is 11.4. The van der Waals surface area contributed by atoms with E-state index >= 15 is 0 Å². The zero-order chi connectivity index (χ0) is 24.5. The number of hydrogen-bond donors (Lipinski definition) is 0. The molecule has 3 aromatic rings. The van der Waals surface area contributed by atoms with E-state index in [0.29, 0.717) is 23.5 Å². The molecule has 1 unspecified atom stereocenters. The van der Waals surface area contributed by atoms with E-state index in [2.05, 4.69) is 4.99 Å². The van der Waals surface area contributed by atoms with Crippen LogP contribution >= 0.6 is 11.3 Å². The number of benzene rings is 2. The molecule has 34 heavy (non-hydrogen) atoms. The molecule has 7 nitrogen and oxygen atoms in total. The van der Waals surface area contributed by atoms with Gasteiger partial charge < -0.3 is 9.30 Å². The molecule has 1 atom stereocenters. The highest BCUT2D eigenvalue weighted by Crippen LogP contribution is 2.30. The number of aryl methyl sites for hydroxylation is 2. The number of carbonyl (C=O) groups is 1. The zero-order valence-corrected chi connectivity index (χ0v) is 21.7. The second-order valence-electron chi connectivity index (χ2n) is 8.51. The van der Waals surface area contributed by atoms with Gasteiger partial charge in [-0.1, -0.05) is 30.7 Å². The predicted molar refractivity (Wildman–Crippen MR) is 135 cm³/mol. The van der Waals surface area contributed by atoms with Gasteiger partial charge in [-0.2, -0.15) is 9.30 Å². The SMILES string of the molecule is CCC1CCCCN1S(=O)(=O)c1ccc(C(=O)N=c2sc3c(C)ccc(OC)c3n2CC)cc1. The molecule has 0 spiro atoms. The molecule has 1 fully saturated rings. The summed E-state index contributed by atoms with van der Waals surface area (Å²) >= 11 is 1.45. The molecular weight excluding hydrogens is 470 g/mol. The third-order valence-corrected chi connectivity index (χ3v) is 9.65. The van der Waals surface area contributed by atoms with Crippen LogP contribution in [-0.2, 0) is 16.6 Å². The lowest BCUT2D eigenvalue weighted by Gasteiger charge is -2.34. The lowest BCUT2D eigenvalue weighted by atomic mass is 10.0. The molecule has 9 heteroatoms. The Balaban J connectivity index is 1.68. The van der Waals surface area contributed by atoms with Crippen molar-refractivity contribution in [1.82, 2.24) is 8.87 Å². The number of ether oxygens (including phenoxy) is 1. The highest BCUT2D eigenvalue weighted by molar-refractivity contribution is 7.89. The summed E-state index contributed by atoms with van der Waals surface area (Å²) in [4.78, 5) is 18.2. The molecular formula is C25H31N3O4S2. The molecule has 1 aliphatic rings. The summed E-state index contributed by atoms with van der Waals surface area (Å²) in [6, 6.07) is 10.1. The number of methoxy groups -OCH3 is 1. The van der Waals surface area contributed by atoms with Crippen LogP contribution in [0.2, 0.25) is 0 Å². The maximum absolute atomic E-state index is 13.2. The first-order chi connectivity index (χ1) is 16.3. The first-order valence-corrected chi connectivity index (χ1v) is 13.9. The van der Waals surface area contributed by atoms with Crippen LogP contribution in [0.1, 0.15) is 55.5 Å². The third kappa shape index (κ3) is 4.44. The standard InChI is InChI=1S/C25H31N3O4S2/c1-5-19-9-7-8-16-28(19)34(30,31)20-13-11-18(12-14-20)24(29)26-25-27(6-2)22-21(32-4)15-10-17(3)23(22)33-25/h10-15,19H,5-9,16H2,1-4H3. The maximum atomic E-state index is 13.2. The molecule has 2 aromatic carbocycles. The van der Waals surface area contributed by atoms with Gasteiger partial charge in [0.1, 0.15) is 11.3 Å². The van der Waals surface area contributed by atoms with Gasteiger partial charge in [-0.15, -0.1) is 0 Å². The first-order valence-electron chi connectivity index (χ1n) is 11.7. The predicted octanol–water partition coefficient (Wildman–Crippen LogP) is 4.73. The Morgan fingerprint density at radius 2 is 1.88 bits per heavy atom. The first kappa shape index (κ1) is 24.6. The van der Waals surface area contributed by atoms with Gasteiger partial charge in [-0.05, 0) is 69.0 Å². The van der Waals surface area contributed by atoms with Crippen LogP contribution in [0.3, 0.4) is 0 Å². The molecule has 182 valence electrons. The molecule has 0 bridgehead atoms. The summed E-state index contributed by atoms with van der Waals surface area (Å²) < 4.78 is 36.6. The van der Waals surface area contributed by atoms with Crippen molar-refractivity contribution in [1.29, 1.82) is 0 Å². The average Bonchev–Trinajstić information content (AvgIpc) is 3.23. The Morgan fingerprint density at radius 3 is 2.53 bits per heavy atom. The summed E-state index contributed by atoms with van der Waals surface area (Å²) in [5.74, 6) is 0.337. The number of piperidine rings is 1. The minimum Gasteiger partial charge on any atom is -0.495 e. The summed E-state index contributed by atoms with van der Waals surface area (Å²) in [7, 11) is -1.96. The van der Waals surface area contributed by atoms with Crippen LogP contribution < -0.4 is 9.54 Å². The van der Waals surface area contributed by atoms with Gasteiger partial charge in [0.05, 0.1) is 16.7 Å². The van der Waals surface area contributed by atoms with Crippen molar-refractivity contribution < 1.29 is 17.9 Å². The molecule has 1 aliphatic heterocycles. The van der Waals surface area contributed by atoms with E-state index in [1.165, 1.54) is 23.5 Å². The summed E-state index contributed by atoms with van der Waals surface area (Å²) in [5.41, 5.74) is 2.37. The van der Waals surface area contributed by atoms with Crippen LogP contribution in [0.15, 0.2) is 46.3 Å². The van der Waals surface area contributed by atoms with Crippen LogP contribution in [0.5, 0.6) is 5.75 Å². The van der Waals surface area contributed by atoms with Crippen LogP contribution in [0.4, 0.5) is 0 Å². The number of nitrogens with zero attached hydrogens (tertiary/aromatic N) is 3. The third-order valence-electron chi connectivity index (χ3n) is 6.47. The highest BCUT2D eigenvalue weighted by Gasteiger charge is 2.32. The van der Waals surface area contributed by atoms with E-state index < -0.39 is 15.9 Å². The topological polar surface area (TPSA) is 81.0 Å². The van der Waals surface area contributed by atoms with Crippen molar-refractivity contribution in [2.24, 2.45) is 4.99 Å². The molecule has 0 N–H and O–H groups in total. The van der Waals surface area contributed by atoms with E-state index in [1.54, 1.807) is 23.5 Å². The fraction of sp³-hybridized carbons (Fsp3) is 0.440. The van der Waals surface area contributed by atoms with Crippen molar-refractivity contribution in [2.75, 3.05) is 13.7 Å². The van der Waals surface area contributed by atoms with Gasteiger partial charge in [-0.3, -0.25) is 4.79 Å². The normalized spacial score (nSPS) is 17.9. The van der Waals surface area contributed by atoms with Crippen molar-refractivity contribution in [3.05, 3.63) is 52.3 Å². The minimum absolute atomic E-state index is 0.0351. The number of carbonyl (C=O) groups excluding carboxylic acids is 1. The largest absolute Gasteiger partial charge is 0.495 e. The fourth-order valence-corrected chi connectivity index (χ4v) is 7.52. The van der Waals surface area contributed by atoms with Gasteiger partial charge in [0.2, 0.25) is 10.0 Å². The van der Waals surface area contributed by atoms with E-state index in [0.717, 1.165) is 47.2 Å². The van der Waals surface area contributed by atoms with E-state index in [1.807, 2.05) is 37.5 Å². The van der Waals surface area contributed by atoms with E-state index in [-0.39, 0.29) is 10.9 Å². The van der Waals surface area contributed by atoms with Crippen LogP contribution in [0, 0.1) is 6.92 Å². The summed E-state index contributed by atoms with van der Waals surface area (Å²) in [5, 5.41) is 0. The van der Waals surface area contributed by atoms with E-state index in [4.69, 9.17) is 4.74 Å². The number of sulfonamides is 1. The van der Waals surface area contributed by atoms with Crippen molar-refractivity contribution in [3.63, 3.8) is 0 Å². The highest BCUT2D eigenvalue weighted by atomic mass is 32.2. The number of aromatic nitrogens is 1. The Hall–Kier alpha value is -2.49. The number of rotatable bonds is 6. The molecule has 4 rings (SSSR count). The smallest absolute Gasteiger partial charge is 0.279 e. The second kappa shape index (κ2) is 10.0. The van der Waals surface area contributed by atoms with Gasteiger partial charge >= 0.3 is 0 Å². The Bertz CT molecular complexity index is 1370. The maximum Gasteiger partial charge on any atom is 0.279 e. The Kier molecular flexibility index (Phi) is 7.25. The lowest BCUT2D eigenvalue weighted by molar-refractivity contribution is 0.0997. The quantitative estimate of drug-likeness (QED) is 0.489. The Labute approximate surface area is 204 Å². The number of thiazole rings is 1. The van der Waals surface area contributed by atoms with Crippen molar-refractivity contribution >= 4 is 37.5 Å². The number of amides is 1. The molecule has 2 heterocycles. The van der Waals surface area contributed by atoms with Gasteiger partial charge in [0, 0.05) is 24.7 Å². The van der Waals surface area contributed by atoms with Gasteiger partial charge in [0.15, 0.2) is 4.80 Å². The zero-order valence-electron chi connectivity index (χ0n) is 20.1. The van der Waals surface area contributed by atoms with Gasteiger partial charge in [0.25, 0.3) is 5.91 Å². The lowest BCUT2D eigenvalue weighted by Crippen LogP contribution is -2.43. The van der Waals surface area contributed by atoms with Crippen molar-refractivity contribution in [3.8, 4) is 5.75 Å². The molecule has 1 saturated heterocycles. The van der Waals surface area contributed by atoms with Crippen LogP contribution in [0.25, 0.3) is 10.2 Å². The molecule has 1 aromatic heterocycles. The number of hydrogen-bond acceptors (Lipinski definition) is 5. The van der Waals surface area contributed by atoms with Gasteiger partial charge in [-0.25, -0.2) is 8.42 Å². The monoisotopic (exact) mass is 501 g/mol.